The van der Waals surface area contributed by atoms with Gasteiger partial charge in [-0.2, -0.15) is 5.10 Å². The monoisotopic (exact) mass is 593 g/mol. The van der Waals surface area contributed by atoms with Crippen molar-refractivity contribution in [1.29, 1.82) is 0 Å². The Balaban J connectivity index is 1.03. The van der Waals surface area contributed by atoms with Gasteiger partial charge in [0.05, 0.1) is 24.0 Å². The molecule has 6 aliphatic rings. The lowest BCUT2D eigenvalue weighted by Gasteiger charge is -2.55. The van der Waals surface area contributed by atoms with Gasteiger partial charge in [0.15, 0.2) is 0 Å². The summed E-state index contributed by atoms with van der Waals surface area (Å²) in [5.74, 6) is 0.647. The van der Waals surface area contributed by atoms with Gasteiger partial charge in [-0.3, -0.25) is 14.4 Å². The fourth-order valence-corrected chi connectivity index (χ4v) is 8.54. The molecule has 5 aliphatic heterocycles. The number of piperazine rings is 1. The summed E-state index contributed by atoms with van der Waals surface area (Å²) in [6.45, 7) is 11.7. The second kappa shape index (κ2) is 9.99. The van der Waals surface area contributed by atoms with Crippen LogP contribution in [0.1, 0.15) is 67.5 Å². The number of alkyl halides is 2. The number of piperidine rings is 1. The van der Waals surface area contributed by atoms with Crippen LogP contribution in [0.5, 0.6) is 0 Å². The summed E-state index contributed by atoms with van der Waals surface area (Å²) in [4.78, 5) is 25.6. The molecule has 0 N–H and O–H groups in total. The van der Waals surface area contributed by atoms with Crippen LogP contribution < -0.4 is 9.80 Å². The van der Waals surface area contributed by atoms with E-state index in [0.29, 0.717) is 57.1 Å². The molecule has 1 amide bonds. The molecule has 2 aromatic heterocycles. The van der Waals surface area contributed by atoms with Crippen LogP contribution in [0.15, 0.2) is 24.9 Å². The van der Waals surface area contributed by atoms with E-state index >= 15 is 0 Å². The van der Waals surface area contributed by atoms with Crippen LogP contribution in [0.2, 0.25) is 0 Å². The number of rotatable bonds is 4. The molecule has 8 rings (SSSR count). The Morgan fingerprint density at radius 2 is 1.88 bits per heavy atom. The summed E-state index contributed by atoms with van der Waals surface area (Å²) in [6.07, 6.45) is 7.02. The Bertz CT molecular complexity index is 1440. The predicted molar refractivity (Wildman–Crippen MR) is 159 cm³/mol. The highest BCUT2D eigenvalue weighted by Crippen LogP contribution is 2.53. The van der Waals surface area contributed by atoms with Crippen LogP contribution in [-0.2, 0) is 27.1 Å². The van der Waals surface area contributed by atoms with Crippen molar-refractivity contribution >= 4 is 17.4 Å². The average molecular weight is 594 g/mol. The van der Waals surface area contributed by atoms with Gasteiger partial charge >= 0.3 is 0 Å². The summed E-state index contributed by atoms with van der Waals surface area (Å²) in [7, 11) is 0. The van der Waals surface area contributed by atoms with Gasteiger partial charge in [0.1, 0.15) is 17.1 Å². The van der Waals surface area contributed by atoms with E-state index in [1.807, 2.05) is 11.1 Å². The Hall–Kier alpha value is -3.05. The van der Waals surface area contributed by atoms with Crippen molar-refractivity contribution in [2.24, 2.45) is 0 Å². The normalized spacial score (nSPS) is 27.4. The smallest absolute Gasteiger partial charge is 0.280 e. The molecule has 0 bridgehead atoms. The number of pyridine rings is 1. The molecule has 2 atom stereocenters. The number of hydrogen-bond donors (Lipinski definition) is 0. The number of aryl methyl sites for hydroxylation is 1. The highest BCUT2D eigenvalue weighted by molar-refractivity contribution is 5.87. The maximum Gasteiger partial charge on any atom is 0.280 e. The third kappa shape index (κ3) is 4.24. The molecular formula is C32H41F2N7O2. The molecule has 230 valence electrons. The summed E-state index contributed by atoms with van der Waals surface area (Å²) in [5.41, 5.74) is 3.67. The lowest BCUT2D eigenvalue weighted by molar-refractivity contribution is -0.128. The van der Waals surface area contributed by atoms with E-state index in [9.17, 15) is 13.6 Å². The first kappa shape index (κ1) is 27.5. The minimum Gasteiger partial charge on any atom is -0.366 e. The van der Waals surface area contributed by atoms with Gasteiger partial charge in [-0.05, 0) is 63.5 Å². The molecule has 7 heterocycles. The minimum atomic E-state index is -2.61. The van der Waals surface area contributed by atoms with Gasteiger partial charge in [-0.25, -0.2) is 13.8 Å². The molecule has 9 nitrogen and oxygen atoms in total. The fourth-order valence-electron chi connectivity index (χ4n) is 8.54. The standard InChI is InChI=1S/C32H41F2N7O2/c1-3-27(42)39-15-13-37(14-16-39)25-19-40-23(25)6-4-5-22-24(40)17-26(36-28(22)30(33)34)38-11-9-32(10-12-38)29-21(2)18-35-41(29)31(7-8-31)20-43-32/h3,17-18,23,25,30H,1,4-16,19-20H2,2H3/t23-,25+/m0/s1. The summed E-state index contributed by atoms with van der Waals surface area (Å²) in [5, 5.41) is 4.76. The van der Waals surface area contributed by atoms with Crippen LogP contribution in [0.25, 0.3) is 0 Å². The number of nitrogens with zero attached hydrogens (tertiary/aromatic N) is 7. The molecule has 3 saturated heterocycles. The van der Waals surface area contributed by atoms with Crippen molar-refractivity contribution < 1.29 is 18.3 Å². The number of amides is 1. The number of anilines is 2. The highest BCUT2D eigenvalue weighted by atomic mass is 19.3. The molecule has 11 heteroatoms. The first-order valence-electron chi connectivity index (χ1n) is 16.0. The van der Waals surface area contributed by atoms with Gasteiger partial charge < -0.3 is 19.4 Å². The molecule has 2 spiro atoms. The molecule has 43 heavy (non-hydrogen) atoms. The molecular weight excluding hydrogens is 552 g/mol. The zero-order chi connectivity index (χ0) is 29.5. The van der Waals surface area contributed by atoms with Crippen LogP contribution in [0, 0.1) is 6.92 Å². The van der Waals surface area contributed by atoms with Crippen molar-refractivity contribution in [3.8, 4) is 0 Å². The van der Waals surface area contributed by atoms with Crippen molar-refractivity contribution in [1.82, 2.24) is 24.6 Å². The van der Waals surface area contributed by atoms with E-state index < -0.39 is 6.43 Å². The Morgan fingerprint density at radius 1 is 1.12 bits per heavy atom. The average Bonchev–Trinajstić information content (AvgIpc) is 3.71. The topological polar surface area (TPSA) is 70.0 Å². The first-order valence-corrected chi connectivity index (χ1v) is 16.0. The van der Waals surface area contributed by atoms with Crippen LogP contribution in [0.4, 0.5) is 20.3 Å². The SMILES string of the molecule is C=CC(=O)N1CCN([C@@H]2CN3c4cc(N5CCC6(CC5)OCC5(CC5)n5ncc(C)c56)nc(C(F)F)c4CCC[C@@H]23)CC1. The molecule has 0 unspecified atom stereocenters. The van der Waals surface area contributed by atoms with Crippen LogP contribution in [0.3, 0.4) is 0 Å². The number of ether oxygens (including phenoxy) is 1. The number of carbonyl (C=O) groups excluding carboxylic acids is 1. The van der Waals surface area contributed by atoms with Crippen LogP contribution in [-0.4, -0.2) is 95.0 Å². The summed E-state index contributed by atoms with van der Waals surface area (Å²) < 4.78 is 38.0. The third-order valence-corrected chi connectivity index (χ3v) is 11.2. The lowest BCUT2D eigenvalue weighted by atomic mass is 9.84. The summed E-state index contributed by atoms with van der Waals surface area (Å²) >= 11 is 0. The second-order valence-corrected chi connectivity index (χ2v) is 13.5. The Labute approximate surface area is 251 Å². The van der Waals surface area contributed by atoms with E-state index in [1.54, 1.807) is 0 Å². The summed E-state index contributed by atoms with van der Waals surface area (Å²) in [6, 6.07) is 2.76. The Kier molecular flexibility index (Phi) is 6.39. The number of halogens is 2. The van der Waals surface area contributed by atoms with Crippen LogP contribution >= 0.6 is 0 Å². The number of fused-ring (bicyclic) bond motifs is 6. The molecule has 4 fully saturated rings. The molecule has 0 radical (unpaired) electrons. The zero-order valence-corrected chi connectivity index (χ0v) is 25.0. The maximum atomic E-state index is 14.5. The largest absolute Gasteiger partial charge is 0.366 e. The maximum absolute atomic E-state index is 14.5. The lowest BCUT2D eigenvalue weighted by Crippen LogP contribution is -2.69. The van der Waals surface area contributed by atoms with Gasteiger partial charge in [0.25, 0.3) is 6.43 Å². The zero-order valence-electron chi connectivity index (χ0n) is 25.0. The van der Waals surface area contributed by atoms with Gasteiger partial charge in [-0.15, -0.1) is 0 Å². The fraction of sp³-hybridized carbons (Fsp3) is 0.656. The van der Waals surface area contributed by atoms with Gasteiger partial charge in [0, 0.05) is 75.2 Å². The second-order valence-electron chi connectivity index (χ2n) is 13.5. The van der Waals surface area contributed by atoms with E-state index in [-0.39, 0.29) is 22.7 Å². The van der Waals surface area contributed by atoms with E-state index in [4.69, 9.17) is 9.84 Å². The van der Waals surface area contributed by atoms with Crippen molar-refractivity contribution in [3.05, 3.63) is 47.4 Å². The van der Waals surface area contributed by atoms with Gasteiger partial charge in [0.2, 0.25) is 5.91 Å². The van der Waals surface area contributed by atoms with Crippen molar-refractivity contribution in [2.45, 2.75) is 81.5 Å². The van der Waals surface area contributed by atoms with Gasteiger partial charge in [-0.1, -0.05) is 6.58 Å². The van der Waals surface area contributed by atoms with Crippen molar-refractivity contribution in [3.63, 3.8) is 0 Å². The van der Waals surface area contributed by atoms with E-state index in [0.717, 1.165) is 69.4 Å². The molecule has 1 aliphatic carbocycles. The van der Waals surface area contributed by atoms with E-state index in [2.05, 4.69) is 43.9 Å². The Morgan fingerprint density at radius 3 is 2.58 bits per heavy atom. The number of carbonyl (C=O) groups is 1. The van der Waals surface area contributed by atoms with Crippen molar-refractivity contribution in [2.75, 3.05) is 62.2 Å². The predicted octanol–water partition coefficient (Wildman–Crippen LogP) is 3.76. The molecule has 1 saturated carbocycles. The number of aromatic nitrogens is 3. The molecule has 0 aromatic carbocycles. The number of hydrogen-bond acceptors (Lipinski definition) is 7. The highest BCUT2D eigenvalue weighted by Gasteiger charge is 2.56. The quantitative estimate of drug-likeness (QED) is 0.500. The molecule has 2 aromatic rings. The van der Waals surface area contributed by atoms with E-state index in [1.165, 1.54) is 17.3 Å². The minimum absolute atomic E-state index is 0.0101. The third-order valence-electron chi connectivity index (χ3n) is 11.2. The first-order chi connectivity index (χ1) is 20.8.